The quantitative estimate of drug-likeness (QED) is 0.891. The SMILES string of the molecule is CCNC1(c2nc3c(s2)CCCC3)CCCC(C)(C)C1. The van der Waals surface area contributed by atoms with Gasteiger partial charge in [-0.2, -0.15) is 0 Å². The summed E-state index contributed by atoms with van der Waals surface area (Å²) < 4.78 is 0. The molecule has 2 aliphatic rings. The number of fused-ring (bicyclic) bond motifs is 1. The summed E-state index contributed by atoms with van der Waals surface area (Å²) in [6.45, 7) is 8.12. The Morgan fingerprint density at radius 2 is 1.95 bits per heavy atom. The fraction of sp³-hybridized carbons (Fsp3) is 0.824. The summed E-state index contributed by atoms with van der Waals surface area (Å²) in [5.41, 5.74) is 2.00. The van der Waals surface area contributed by atoms with Crippen LogP contribution in [0.5, 0.6) is 0 Å². The van der Waals surface area contributed by atoms with Gasteiger partial charge in [0.2, 0.25) is 0 Å². The maximum absolute atomic E-state index is 5.09. The Kier molecular flexibility index (Phi) is 3.93. The van der Waals surface area contributed by atoms with Gasteiger partial charge in [0.05, 0.1) is 11.2 Å². The smallest absolute Gasteiger partial charge is 0.113 e. The van der Waals surface area contributed by atoms with Crippen LogP contribution in [-0.2, 0) is 18.4 Å². The van der Waals surface area contributed by atoms with Gasteiger partial charge in [0, 0.05) is 4.88 Å². The molecule has 0 amide bonds. The van der Waals surface area contributed by atoms with Gasteiger partial charge in [-0.1, -0.05) is 27.2 Å². The zero-order valence-electron chi connectivity index (χ0n) is 13.2. The van der Waals surface area contributed by atoms with Gasteiger partial charge in [-0.3, -0.25) is 0 Å². The van der Waals surface area contributed by atoms with E-state index < -0.39 is 0 Å². The van der Waals surface area contributed by atoms with Crippen molar-refractivity contribution in [2.75, 3.05) is 6.54 Å². The van der Waals surface area contributed by atoms with E-state index in [2.05, 4.69) is 26.1 Å². The molecule has 3 rings (SSSR count). The molecule has 1 unspecified atom stereocenters. The highest BCUT2D eigenvalue weighted by Gasteiger charge is 2.43. The van der Waals surface area contributed by atoms with Crippen LogP contribution in [0.3, 0.4) is 0 Å². The second-order valence-corrected chi connectivity index (χ2v) is 8.49. The largest absolute Gasteiger partial charge is 0.306 e. The fourth-order valence-corrected chi connectivity index (χ4v) is 5.51. The normalized spacial score (nSPS) is 29.1. The van der Waals surface area contributed by atoms with Crippen molar-refractivity contribution in [3.63, 3.8) is 0 Å². The highest BCUT2D eigenvalue weighted by Crippen LogP contribution is 2.48. The lowest BCUT2D eigenvalue weighted by Crippen LogP contribution is -2.48. The topological polar surface area (TPSA) is 24.9 Å². The highest BCUT2D eigenvalue weighted by atomic mass is 32.1. The molecule has 1 aromatic rings. The first-order valence-electron chi connectivity index (χ1n) is 8.29. The van der Waals surface area contributed by atoms with Crippen molar-refractivity contribution >= 4 is 11.3 Å². The molecule has 1 aromatic heterocycles. The average Bonchev–Trinajstić information content (AvgIpc) is 2.82. The molecule has 112 valence electrons. The lowest BCUT2D eigenvalue weighted by atomic mass is 9.68. The standard InChI is InChI=1S/C17H28N2S/c1-4-18-17(11-7-10-16(2,3)12-17)15-19-13-8-5-6-9-14(13)20-15/h18H,4-12H2,1-3H3. The second-order valence-electron chi connectivity index (χ2n) is 7.40. The molecular formula is C17H28N2S. The van der Waals surface area contributed by atoms with E-state index in [0.29, 0.717) is 5.41 Å². The van der Waals surface area contributed by atoms with E-state index >= 15 is 0 Å². The monoisotopic (exact) mass is 292 g/mol. The first-order chi connectivity index (χ1) is 9.55. The molecule has 0 saturated heterocycles. The molecule has 1 fully saturated rings. The van der Waals surface area contributed by atoms with Crippen molar-refractivity contribution < 1.29 is 0 Å². The second kappa shape index (κ2) is 5.42. The van der Waals surface area contributed by atoms with Gasteiger partial charge in [-0.15, -0.1) is 11.3 Å². The number of aryl methyl sites for hydroxylation is 2. The number of hydrogen-bond acceptors (Lipinski definition) is 3. The third-order valence-electron chi connectivity index (χ3n) is 5.01. The molecular weight excluding hydrogens is 264 g/mol. The predicted octanol–water partition coefficient (Wildman–Crippen LogP) is 4.43. The Labute approximate surface area is 127 Å². The van der Waals surface area contributed by atoms with Gasteiger partial charge in [0.1, 0.15) is 5.01 Å². The summed E-state index contributed by atoms with van der Waals surface area (Å²) in [4.78, 5) is 6.66. The molecule has 0 aliphatic heterocycles. The fourth-order valence-electron chi connectivity index (χ4n) is 4.17. The van der Waals surface area contributed by atoms with E-state index in [1.165, 1.54) is 62.1 Å². The van der Waals surface area contributed by atoms with Crippen LogP contribution in [0.2, 0.25) is 0 Å². The number of aromatic nitrogens is 1. The lowest BCUT2D eigenvalue weighted by molar-refractivity contribution is 0.119. The van der Waals surface area contributed by atoms with Crippen LogP contribution in [0.1, 0.15) is 74.9 Å². The maximum Gasteiger partial charge on any atom is 0.113 e. The molecule has 3 heteroatoms. The summed E-state index contributed by atoms with van der Waals surface area (Å²) in [6.07, 6.45) is 10.3. The Morgan fingerprint density at radius 3 is 2.65 bits per heavy atom. The number of nitrogens with zero attached hydrogens (tertiary/aromatic N) is 1. The highest BCUT2D eigenvalue weighted by molar-refractivity contribution is 7.11. The van der Waals surface area contributed by atoms with E-state index in [0.717, 1.165) is 6.54 Å². The van der Waals surface area contributed by atoms with Crippen LogP contribution in [0.25, 0.3) is 0 Å². The summed E-state index contributed by atoms with van der Waals surface area (Å²) >= 11 is 2.01. The van der Waals surface area contributed by atoms with Crippen molar-refractivity contribution in [1.82, 2.24) is 10.3 Å². The van der Waals surface area contributed by atoms with E-state index in [-0.39, 0.29) is 5.54 Å². The van der Waals surface area contributed by atoms with Crippen molar-refractivity contribution in [3.05, 3.63) is 15.6 Å². The van der Waals surface area contributed by atoms with Gasteiger partial charge in [0.15, 0.2) is 0 Å². The number of rotatable bonds is 3. The molecule has 0 radical (unpaired) electrons. The number of thiazole rings is 1. The summed E-state index contributed by atoms with van der Waals surface area (Å²) in [5.74, 6) is 0. The summed E-state index contributed by atoms with van der Waals surface area (Å²) in [6, 6.07) is 0. The minimum atomic E-state index is 0.151. The van der Waals surface area contributed by atoms with Gasteiger partial charge in [-0.25, -0.2) is 4.98 Å². The molecule has 1 atom stereocenters. The van der Waals surface area contributed by atoms with Crippen LogP contribution in [-0.4, -0.2) is 11.5 Å². The molecule has 1 saturated carbocycles. The Morgan fingerprint density at radius 1 is 1.15 bits per heavy atom. The molecule has 0 bridgehead atoms. The van der Waals surface area contributed by atoms with Crippen molar-refractivity contribution in [2.45, 2.75) is 77.7 Å². The molecule has 1 N–H and O–H groups in total. The molecule has 0 aromatic carbocycles. The zero-order valence-corrected chi connectivity index (χ0v) is 14.0. The first kappa shape index (κ1) is 14.5. The third kappa shape index (κ3) is 2.67. The number of nitrogens with one attached hydrogen (secondary N) is 1. The Balaban J connectivity index is 1.95. The minimum absolute atomic E-state index is 0.151. The van der Waals surface area contributed by atoms with Crippen LogP contribution in [0.15, 0.2) is 0 Å². The van der Waals surface area contributed by atoms with Crippen LogP contribution in [0.4, 0.5) is 0 Å². The van der Waals surface area contributed by atoms with Crippen molar-refractivity contribution in [1.29, 1.82) is 0 Å². The average molecular weight is 292 g/mol. The summed E-state index contributed by atoms with van der Waals surface area (Å²) in [7, 11) is 0. The number of hydrogen-bond donors (Lipinski definition) is 1. The van der Waals surface area contributed by atoms with Gasteiger partial charge in [-0.05, 0) is 56.9 Å². The van der Waals surface area contributed by atoms with Crippen LogP contribution in [0, 0.1) is 5.41 Å². The van der Waals surface area contributed by atoms with E-state index in [1.54, 1.807) is 4.88 Å². The molecule has 1 heterocycles. The van der Waals surface area contributed by atoms with Crippen LogP contribution < -0.4 is 5.32 Å². The van der Waals surface area contributed by atoms with E-state index in [1.807, 2.05) is 11.3 Å². The maximum atomic E-state index is 5.09. The molecule has 0 spiro atoms. The zero-order chi connectivity index (χ0) is 14.2. The predicted molar refractivity (Wildman–Crippen MR) is 86.4 cm³/mol. The molecule has 20 heavy (non-hydrogen) atoms. The van der Waals surface area contributed by atoms with Gasteiger partial charge in [0.25, 0.3) is 0 Å². The van der Waals surface area contributed by atoms with Crippen LogP contribution >= 0.6 is 11.3 Å². The van der Waals surface area contributed by atoms with E-state index in [9.17, 15) is 0 Å². The first-order valence-corrected chi connectivity index (χ1v) is 9.10. The van der Waals surface area contributed by atoms with Crippen molar-refractivity contribution in [3.8, 4) is 0 Å². The summed E-state index contributed by atoms with van der Waals surface area (Å²) in [5, 5.41) is 5.21. The van der Waals surface area contributed by atoms with Crippen molar-refractivity contribution in [2.24, 2.45) is 5.41 Å². The third-order valence-corrected chi connectivity index (χ3v) is 6.37. The van der Waals surface area contributed by atoms with Gasteiger partial charge < -0.3 is 5.32 Å². The Hall–Kier alpha value is -0.410. The Bertz CT molecular complexity index is 450. The minimum Gasteiger partial charge on any atom is -0.306 e. The van der Waals surface area contributed by atoms with E-state index in [4.69, 9.17) is 4.98 Å². The lowest BCUT2D eigenvalue weighted by Gasteiger charge is -2.44. The molecule has 2 nitrogen and oxygen atoms in total. The van der Waals surface area contributed by atoms with Gasteiger partial charge >= 0.3 is 0 Å². The molecule has 2 aliphatic carbocycles.